The molecule has 0 heterocycles. The summed E-state index contributed by atoms with van der Waals surface area (Å²) >= 11 is 0. The number of esters is 1. The second kappa shape index (κ2) is 8.69. The van der Waals surface area contributed by atoms with Crippen molar-refractivity contribution in [2.75, 3.05) is 32.8 Å². The minimum atomic E-state index is -0.426. The van der Waals surface area contributed by atoms with Crippen molar-refractivity contribution in [1.29, 1.82) is 0 Å². The molecule has 6 nitrogen and oxygen atoms in total. The summed E-state index contributed by atoms with van der Waals surface area (Å²) in [5.41, 5.74) is 1.41. The molecule has 0 aliphatic heterocycles. The van der Waals surface area contributed by atoms with Gasteiger partial charge in [0.2, 0.25) is 0 Å². The maximum absolute atomic E-state index is 12.4. The molecule has 126 valence electrons. The second-order valence-corrected chi connectivity index (χ2v) is 4.86. The molecule has 2 aromatic carbocycles. The van der Waals surface area contributed by atoms with Crippen LogP contribution in [0.25, 0.3) is 0 Å². The largest absolute Gasteiger partial charge is 0.490 e. The fraction of sp³-hybridized carbons (Fsp3) is 0.222. The molecule has 6 heteroatoms. The Morgan fingerprint density at radius 1 is 0.958 bits per heavy atom. The van der Waals surface area contributed by atoms with Crippen LogP contribution in [-0.4, -0.2) is 39.3 Å². The van der Waals surface area contributed by atoms with E-state index in [0.29, 0.717) is 35.8 Å². The summed E-state index contributed by atoms with van der Waals surface area (Å²) < 4.78 is 15.1. The van der Waals surface area contributed by atoms with E-state index in [9.17, 15) is 9.59 Å². The molecule has 0 radical (unpaired) electrons. The highest BCUT2D eigenvalue weighted by Gasteiger charge is 2.13. The average Bonchev–Trinajstić information content (AvgIpc) is 2.62. The molecule has 0 fully saturated rings. The van der Waals surface area contributed by atoms with Gasteiger partial charge in [-0.05, 0) is 36.4 Å². The molecular formula is C18H19NO5. The van der Waals surface area contributed by atoms with Crippen LogP contribution in [-0.2, 0) is 9.47 Å². The minimum Gasteiger partial charge on any atom is -0.490 e. The maximum atomic E-state index is 12.4. The highest BCUT2D eigenvalue weighted by atomic mass is 16.5. The van der Waals surface area contributed by atoms with Gasteiger partial charge in [-0.2, -0.15) is 0 Å². The number of para-hydroxylation sites is 1. The minimum absolute atomic E-state index is 0.297. The fourth-order valence-corrected chi connectivity index (χ4v) is 2.02. The number of carbonyl (C=O) groups excluding carboxylic acids is 2. The van der Waals surface area contributed by atoms with E-state index in [1.807, 2.05) is 0 Å². The monoisotopic (exact) mass is 329 g/mol. The Labute approximate surface area is 140 Å². The summed E-state index contributed by atoms with van der Waals surface area (Å²) in [6.07, 6.45) is 0. The number of amides is 1. The number of anilines is 1. The van der Waals surface area contributed by atoms with Crippen molar-refractivity contribution in [3.05, 3.63) is 59.7 Å². The van der Waals surface area contributed by atoms with Crippen molar-refractivity contribution in [1.82, 2.24) is 0 Å². The van der Waals surface area contributed by atoms with Crippen molar-refractivity contribution in [3.8, 4) is 5.75 Å². The first-order valence-corrected chi connectivity index (χ1v) is 7.36. The predicted octanol–water partition coefficient (Wildman–Crippen LogP) is 2.75. The third-order valence-electron chi connectivity index (χ3n) is 3.24. The molecule has 0 aromatic heterocycles. The number of ether oxygens (including phenoxy) is 3. The van der Waals surface area contributed by atoms with Crippen LogP contribution in [0.4, 0.5) is 5.69 Å². The number of benzene rings is 2. The number of nitrogens with one attached hydrogen (secondary N) is 1. The van der Waals surface area contributed by atoms with E-state index in [0.717, 1.165) is 0 Å². The van der Waals surface area contributed by atoms with Crippen LogP contribution in [0.1, 0.15) is 20.7 Å². The Hall–Kier alpha value is -2.86. The van der Waals surface area contributed by atoms with Gasteiger partial charge in [-0.3, -0.25) is 4.79 Å². The van der Waals surface area contributed by atoms with E-state index in [-0.39, 0.29) is 5.91 Å². The van der Waals surface area contributed by atoms with Crippen molar-refractivity contribution in [3.63, 3.8) is 0 Å². The summed E-state index contributed by atoms with van der Waals surface area (Å²) in [7, 11) is 2.90. The zero-order valence-electron chi connectivity index (χ0n) is 13.6. The predicted molar refractivity (Wildman–Crippen MR) is 89.5 cm³/mol. The van der Waals surface area contributed by atoms with Crippen LogP contribution in [0.3, 0.4) is 0 Å². The first-order valence-electron chi connectivity index (χ1n) is 7.36. The number of rotatable bonds is 7. The smallest absolute Gasteiger partial charge is 0.337 e. The van der Waals surface area contributed by atoms with Gasteiger partial charge in [0.25, 0.3) is 5.91 Å². The quantitative estimate of drug-likeness (QED) is 0.624. The standard InChI is InChI=1S/C18H19NO5/c1-22-11-12-24-16-6-4-3-5-15(16)17(20)19-14-9-7-13(8-10-14)18(21)23-2/h3-10H,11-12H2,1-2H3,(H,19,20). The van der Waals surface area contributed by atoms with E-state index >= 15 is 0 Å². The molecule has 0 aliphatic carbocycles. The van der Waals surface area contributed by atoms with Crippen molar-refractivity contribution in [2.24, 2.45) is 0 Å². The first-order chi connectivity index (χ1) is 11.7. The van der Waals surface area contributed by atoms with E-state index in [4.69, 9.17) is 9.47 Å². The third kappa shape index (κ3) is 4.57. The highest BCUT2D eigenvalue weighted by molar-refractivity contribution is 6.06. The number of methoxy groups -OCH3 is 2. The molecule has 0 unspecified atom stereocenters. The van der Waals surface area contributed by atoms with E-state index < -0.39 is 5.97 Å². The zero-order chi connectivity index (χ0) is 17.4. The van der Waals surface area contributed by atoms with Gasteiger partial charge in [0.15, 0.2) is 0 Å². The van der Waals surface area contributed by atoms with Gasteiger partial charge in [0, 0.05) is 12.8 Å². The topological polar surface area (TPSA) is 73.9 Å². The summed E-state index contributed by atoms with van der Waals surface area (Å²) in [5.74, 6) is -0.239. The third-order valence-corrected chi connectivity index (χ3v) is 3.24. The summed E-state index contributed by atoms with van der Waals surface area (Å²) in [6.45, 7) is 0.791. The lowest BCUT2D eigenvalue weighted by Crippen LogP contribution is -2.15. The van der Waals surface area contributed by atoms with Crippen LogP contribution >= 0.6 is 0 Å². The highest BCUT2D eigenvalue weighted by Crippen LogP contribution is 2.20. The Morgan fingerprint density at radius 2 is 1.67 bits per heavy atom. The maximum Gasteiger partial charge on any atom is 0.337 e. The molecule has 0 spiro atoms. The molecule has 2 rings (SSSR count). The fourth-order valence-electron chi connectivity index (χ4n) is 2.02. The normalized spacial score (nSPS) is 10.1. The molecule has 0 aliphatic rings. The van der Waals surface area contributed by atoms with Crippen LogP contribution in [0.15, 0.2) is 48.5 Å². The molecule has 0 atom stereocenters. The molecule has 0 bridgehead atoms. The van der Waals surface area contributed by atoms with Gasteiger partial charge in [-0.25, -0.2) is 4.79 Å². The molecular weight excluding hydrogens is 310 g/mol. The Bertz CT molecular complexity index is 697. The summed E-state index contributed by atoms with van der Waals surface area (Å²) in [5, 5.41) is 2.77. The number of hydrogen-bond donors (Lipinski definition) is 1. The lowest BCUT2D eigenvalue weighted by Gasteiger charge is -2.11. The van der Waals surface area contributed by atoms with E-state index in [2.05, 4.69) is 10.1 Å². The van der Waals surface area contributed by atoms with E-state index in [1.54, 1.807) is 55.6 Å². The molecule has 0 saturated carbocycles. The number of carbonyl (C=O) groups is 2. The van der Waals surface area contributed by atoms with Crippen molar-refractivity contribution in [2.45, 2.75) is 0 Å². The van der Waals surface area contributed by atoms with Gasteiger partial charge >= 0.3 is 5.97 Å². The zero-order valence-corrected chi connectivity index (χ0v) is 13.6. The molecule has 2 aromatic rings. The van der Waals surface area contributed by atoms with Crippen molar-refractivity contribution >= 4 is 17.6 Å². The van der Waals surface area contributed by atoms with Gasteiger partial charge in [-0.15, -0.1) is 0 Å². The van der Waals surface area contributed by atoms with Crippen LogP contribution in [0.5, 0.6) is 5.75 Å². The summed E-state index contributed by atoms with van der Waals surface area (Å²) in [4.78, 5) is 23.8. The second-order valence-electron chi connectivity index (χ2n) is 4.86. The SMILES string of the molecule is COCCOc1ccccc1C(=O)Nc1ccc(C(=O)OC)cc1. The Balaban J connectivity index is 2.08. The Kier molecular flexibility index (Phi) is 6.33. The van der Waals surface area contributed by atoms with Gasteiger partial charge in [-0.1, -0.05) is 12.1 Å². The van der Waals surface area contributed by atoms with Gasteiger partial charge in [0.1, 0.15) is 12.4 Å². The molecule has 1 N–H and O–H groups in total. The Morgan fingerprint density at radius 3 is 2.33 bits per heavy atom. The lowest BCUT2D eigenvalue weighted by atomic mass is 10.1. The van der Waals surface area contributed by atoms with Crippen molar-refractivity contribution < 1.29 is 23.8 Å². The van der Waals surface area contributed by atoms with Crippen LogP contribution in [0.2, 0.25) is 0 Å². The summed E-state index contributed by atoms with van der Waals surface area (Å²) in [6, 6.07) is 13.4. The van der Waals surface area contributed by atoms with E-state index in [1.165, 1.54) is 7.11 Å². The van der Waals surface area contributed by atoms with Gasteiger partial charge < -0.3 is 19.5 Å². The van der Waals surface area contributed by atoms with Crippen LogP contribution < -0.4 is 10.1 Å². The van der Waals surface area contributed by atoms with Crippen LogP contribution in [0, 0.1) is 0 Å². The average molecular weight is 329 g/mol. The van der Waals surface area contributed by atoms with Gasteiger partial charge in [0.05, 0.1) is 24.8 Å². The molecule has 24 heavy (non-hydrogen) atoms. The molecule has 1 amide bonds. The number of hydrogen-bond acceptors (Lipinski definition) is 5. The lowest BCUT2D eigenvalue weighted by molar-refractivity contribution is 0.0600. The first kappa shape index (κ1) is 17.5. The molecule has 0 saturated heterocycles.